The van der Waals surface area contributed by atoms with E-state index in [0.29, 0.717) is 11.7 Å². The lowest BCUT2D eigenvalue weighted by Crippen LogP contribution is -2.37. The molecule has 0 heterocycles. The number of ketones is 1. The summed E-state index contributed by atoms with van der Waals surface area (Å²) in [4.78, 5) is 16.4. The molecule has 2 unspecified atom stereocenters. The Labute approximate surface area is 106 Å². The maximum absolute atomic E-state index is 11.9. The van der Waals surface area contributed by atoms with Gasteiger partial charge in [0.15, 0.2) is 0 Å². The predicted molar refractivity (Wildman–Crippen MR) is 72.2 cm³/mol. The standard InChI is InChI=1S/C14H28N2O/c1-5-12-6-7-14(17)13(10-12)11-16(4)9-8-15(2)3/h12-13H,5-11H2,1-4H3. The van der Waals surface area contributed by atoms with Gasteiger partial charge in [0, 0.05) is 32.0 Å². The van der Waals surface area contributed by atoms with Crippen LogP contribution in [-0.2, 0) is 4.79 Å². The monoisotopic (exact) mass is 240 g/mol. The Morgan fingerprint density at radius 3 is 2.53 bits per heavy atom. The molecule has 1 aliphatic rings. The summed E-state index contributed by atoms with van der Waals surface area (Å²) < 4.78 is 0. The van der Waals surface area contributed by atoms with E-state index in [1.165, 1.54) is 6.42 Å². The Balaban J connectivity index is 2.34. The van der Waals surface area contributed by atoms with Crippen molar-refractivity contribution in [2.45, 2.75) is 32.6 Å². The van der Waals surface area contributed by atoms with Crippen molar-refractivity contribution in [3.8, 4) is 0 Å². The van der Waals surface area contributed by atoms with E-state index in [1.54, 1.807) is 0 Å². The van der Waals surface area contributed by atoms with Crippen LogP contribution in [0.4, 0.5) is 0 Å². The van der Waals surface area contributed by atoms with Crippen LogP contribution in [0.1, 0.15) is 32.6 Å². The van der Waals surface area contributed by atoms with Crippen LogP contribution in [-0.4, -0.2) is 56.4 Å². The summed E-state index contributed by atoms with van der Waals surface area (Å²) in [5.74, 6) is 1.56. The molecule has 0 bridgehead atoms. The topological polar surface area (TPSA) is 23.6 Å². The van der Waals surface area contributed by atoms with E-state index in [0.717, 1.165) is 44.8 Å². The van der Waals surface area contributed by atoms with Crippen LogP contribution in [0.25, 0.3) is 0 Å². The molecular formula is C14H28N2O. The van der Waals surface area contributed by atoms with Crippen molar-refractivity contribution < 1.29 is 4.79 Å². The number of Topliss-reactive ketones (excluding diaryl/α,β-unsaturated/α-hetero) is 1. The first kappa shape index (κ1) is 14.7. The molecule has 2 atom stereocenters. The third-order valence-electron chi connectivity index (χ3n) is 3.91. The number of hydrogen-bond acceptors (Lipinski definition) is 3. The SMILES string of the molecule is CCC1CCC(=O)C(CN(C)CCN(C)C)C1. The zero-order valence-electron chi connectivity index (χ0n) is 11.9. The second kappa shape index (κ2) is 7.12. The smallest absolute Gasteiger partial charge is 0.137 e. The molecule has 3 heteroatoms. The molecule has 0 amide bonds. The summed E-state index contributed by atoms with van der Waals surface area (Å²) in [5.41, 5.74) is 0. The normalized spacial score (nSPS) is 25.9. The van der Waals surface area contributed by atoms with Crippen LogP contribution < -0.4 is 0 Å². The van der Waals surface area contributed by atoms with Gasteiger partial charge in [0.05, 0.1) is 0 Å². The average Bonchev–Trinajstić information content (AvgIpc) is 2.29. The Kier molecular flexibility index (Phi) is 6.14. The van der Waals surface area contributed by atoms with E-state index in [9.17, 15) is 4.79 Å². The molecule has 0 aromatic heterocycles. The highest BCUT2D eigenvalue weighted by atomic mass is 16.1. The fourth-order valence-electron chi connectivity index (χ4n) is 2.59. The molecule has 0 saturated heterocycles. The minimum Gasteiger partial charge on any atom is -0.308 e. The van der Waals surface area contributed by atoms with Crippen LogP contribution >= 0.6 is 0 Å². The zero-order chi connectivity index (χ0) is 12.8. The van der Waals surface area contributed by atoms with E-state index in [4.69, 9.17) is 0 Å². The Hall–Kier alpha value is -0.410. The van der Waals surface area contributed by atoms with Gasteiger partial charge in [-0.1, -0.05) is 13.3 Å². The molecule has 0 radical (unpaired) electrons. The minimum atomic E-state index is 0.292. The molecule has 0 aromatic rings. The van der Waals surface area contributed by atoms with Crippen LogP contribution in [0.5, 0.6) is 0 Å². The highest BCUT2D eigenvalue weighted by Gasteiger charge is 2.28. The Bertz CT molecular complexity index is 240. The van der Waals surface area contributed by atoms with Gasteiger partial charge in [-0.3, -0.25) is 4.79 Å². The van der Waals surface area contributed by atoms with Crippen molar-refractivity contribution >= 4 is 5.78 Å². The van der Waals surface area contributed by atoms with E-state index in [-0.39, 0.29) is 0 Å². The summed E-state index contributed by atoms with van der Waals surface area (Å²) in [7, 11) is 6.31. The molecule has 0 aromatic carbocycles. The summed E-state index contributed by atoms with van der Waals surface area (Å²) in [6.45, 7) is 5.30. The van der Waals surface area contributed by atoms with Crippen molar-refractivity contribution in [3.05, 3.63) is 0 Å². The number of carbonyl (C=O) groups excluding carboxylic acids is 1. The number of carbonyl (C=O) groups is 1. The first-order valence-corrected chi connectivity index (χ1v) is 6.89. The molecule has 1 rings (SSSR count). The molecule has 0 N–H and O–H groups in total. The predicted octanol–water partition coefficient (Wildman–Crippen LogP) is 1.88. The number of nitrogens with zero attached hydrogens (tertiary/aromatic N) is 2. The van der Waals surface area contributed by atoms with E-state index in [1.807, 2.05) is 0 Å². The highest BCUT2D eigenvalue weighted by Crippen LogP contribution is 2.28. The van der Waals surface area contributed by atoms with Crippen molar-refractivity contribution in [1.29, 1.82) is 0 Å². The zero-order valence-corrected chi connectivity index (χ0v) is 11.9. The quantitative estimate of drug-likeness (QED) is 0.708. The first-order valence-electron chi connectivity index (χ1n) is 6.89. The fraction of sp³-hybridized carbons (Fsp3) is 0.929. The second-order valence-corrected chi connectivity index (χ2v) is 5.78. The summed E-state index contributed by atoms with van der Waals surface area (Å²) in [6, 6.07) is 0. The lowest BCUT2D eigenvalue weighted by molar-refractivity contribution is -0.126. The van der Waals surface area contributed by atoms with Crippen molar-refractivity contribution in [1.82, 2.24) is 9.80 Å². The van der Waals surface area contributed by atoms with Gasteiger partial charge in [0.1, 0.15) is 5.78 Å². The van der Waals surface area contributed by atoms with Gasteiger partial charge < -0.3 is 9.80 Å². The van der Waals surface area contributed by atoms with Crippen LogP contribution in [0, 0.1) is 11.8 Å². The third kappa shape index (κ3) is 5.17. The largest absolute Gasteiger partial charge is 0.308 e. The number of likely N-dealkylation sites (N-methyl/N-ethyl adjacent to an activating group) is 2. The Morgan fingerprint density at radius 1 is 1.24 bits per heavy atom. The maximum Gasteiger partial charge on any atom is 0.137 e. The minimum absolute atomic E-state index is 0.292. The van der Waals surface area contributed by atoms with Crippen molar-refractivity contribution in [2.75, 3.05) is 40.8 Å². The lowest BCUT2D eigenvalue weighted by Gasteiger charge is -2.30. The van der Waals surface area contributed by atoms with E-state index in [2.05, 4.69) is 37.9 Å². The van der Waals surface area contributed by atoms with Crippen molar-refractivity contribution in [3.63, 3.8) is 0 Å². The molecule has 1 saturated carbocycles. The molecule has 17 heavy (non-hydrogen) atoms. The number of rotatable bonds is 6. The van der Waals surface area contributed by atoms with Crippen LogP contribution in [0.15, 0.2) is 0 Å². The summed E-state index contributed by atoms with van der Waals surface area (Å²) in [6.07, 6.45) is 4.27. The van der Waals surface area contributed by atoms with Crippen molar-refractivity contribution in [2.24, 2.45) is 11.8 Å². The van der Waals surface area contributed by atoms with Gasteiger partial charge in [-0.25, -0.2) is 0 Å². The van der Waals surface area contributed by atoms with Gasteiger partial charge in [0.25, 0.3) is 0 Å². The summed E-state index contributed by atoms with van der Waals surface area (Å²) >= 11 is 0. The van der Waals surface area contributed by atoms with Gasteiger partial charge in [-0.05, 0) is 39.9 Å². The second-order valence-electron chi connectivity index (χ2n) is 5.78. The van der Waals surface area contributed by atoms with Gasteiger partial charge in [0.2, 0.25) is 0 Å². The fourth-order valence-corrected chi connectivity index (χ4v) is 2.59. The molecule has 100 valence electrons. The van der Waals surface area contributed by atoms with E-state index < -0.39 is 0 Å². The van der Waals surface area contributed by atoms with E-state index >= 15 is 0 Å². The van der Waals surface area contributed by atoms with Gasteiger partial charge >= 0.3 is 0 Å². The molecule has 0 aliphatic heterocycles. The molecule has 1 fully saturated rings. The molecule has 0 spiro atoms. The lowest BCUT2D eigenvalue weighted by atomic mass is 9.79. The van der Waals surface area contributed by atoms with Crippen LogP contribution in [0.2, 0.25) is 0 Å². The maximum atomic E-state index is 11.9. The molecule has 3 nitrogen and oxygen atoms in total. The van der Waals surface area contributed by atoms with Crippen LogP contribution in [0.3, 0.4) is 0 Å². The van der Waals surface area contributed by atoms with Gasteiger partial charge in [-0.2, -0.15) is 0 Å². The summed E-state index contributed by atoms with van der Waals surface area (Å²) in [5, 5.41) is 0. The molecular weight excluding hydrogens is 212 g/mol. The molecule has 1 aliphatic carbocycles. The first-order chi connectivity index (χ1) is 8.02. The van der Waals surface area contributed by atoms with Gasteiger partial charge in [-0.15, -0.1) is 0 Å². The third-order valence-corrected chi connectivity index (χ3v) is 3.91. The Morgan fingerprint density at radius 2 is 1.94 bits per heavy atom. The average molecular weight is 240 g/mol. The highest BCUT2D eigenvalue weighted by molar-refractivity contribution is 5.81. The number of hydrogen-bond donors (Lipinski definition) is 0.